The lowest BCUT2D eigenvalue weighted by Gasteiger charge is -2.15. The molecule has 1 fully saturated rings. The number of carbonyl (C=O) groups excluding carboxylic acids is 1. The minimum absolute atomic E-state index is 0.0137. The Kier molecular flexibility index (Phi) is 4.31. The van der Waals surface area contributed by atoms with E-state index in [-0.39, 0.29) is 12.5 Å². The van der Waals surface area contributed by atoms with Crippen LogP contribution in [0, 0.1) is 0 Å². The number of hydrogen-bond acceptors (Lipinski definition) is 6. The average Bonchev–Trinajstić information content (AvgIpc) is 3.32. The number of fused-ring (bicyclic) bond motifs is 2. The predicted molar refractivity (Wildman–Crippen MR) is 112 cm³/mol. The van der Waals surface area contributed by atoms with Gasteiger partial charge in [0.1, 0.15) is 18.5 Å². The van der Waals surface area contributed by atoms with Gasteiger partial charge < -0.3 is 5.32 Å². The minimum Gasteiger partial charge on any atom is -0.308 e. The van der Waals surface area contributed by atoms with Crippen LogP contribution < -0.4 is 10.9 Å². The van der Waals surface area contributed by atoms with Crippen molar-refractivity contribution in [1.29, 1.82) is 0 Å². The highest BCUT2D eigenvalue weighted by Gasteiger charge is 2.45. The van der Waals surface area contributed by atoms with E-state index in [0.29, 0.717) is 46.3 Å². The third-order valence-electron chi connectivity index (χ3n) is 5.46. The molecule has 1 aromatic carbocycles. The molecule has 1 aliphatic rings. The fourth-order valence-corrected chi connectivity index (χ4v) is 3.64. The van der Waals surface area contributed by atoms with Crippen molar-refractivity contribution in [1.82, 2.24) is 29.6 Å². The largest absolute Gasteiger partial charge is 0.308 e. The molecule has 5 rings (SSSR count). The number of nitrogens with one attached hydrogen (secondary N) is 1. The fraction of sp³-hybridized carbons (Fsp3) is 0.333. The molecule has 0 bridgehead atoms. The second kappa shape index (κ2) is 6.93. The van der Waals surface area contributed by atoms with E-state index in [9.17, 15) is 14.0 Å². The van der Waals surface area contributed by atoms with Crippen LogP contribution in [-0.2, 0) is 17.0 Å². The van der Waals surface area contributed by atoms with Crippen molar-refractivity contribution >= 4 is 28.1 Å². The molecule has 4 aromatic rings. The van der Waals surface area contributed by atoms with Crippen molar-refractivity contribution < 1.29 is 9.18 Å². The summed E-state index contributed by atoms with van der Waals surface area (Å²) in [7, 11) is 0. The van der Waals surface area contributed by atoms with Crippen LogP contribution in [0.15, 0.2) is 41.5 Å². The Balaban J connectivity index is 1.48. The maximum atomic E-state index is 14.6. The zero-order valence-electron chi connectivity index (χ0n) is 17.0. The van der Waals surface area contributed by atoms with Gasteiger partial charge in [0.2, 0.25) is 5.91 Å². The smallest absolute Gasteiger partial charge is 0.275 e. The maximum Gasteiger partial charge on any atom is 0.275 e. The maximum absolute atomic E-state index is 14.6. The minimum atomic E-state index is -1.30. The molecule has 0 radical (unpaired) electrons. The lowest BCUT2D eigenvalue weighted by Crippen LogP contribution is -2.31. The van der Waals surface area contributed by atoms with Crippen LogP contribution in [0.25, 0.3) is 16.4 Å². The van der Waals surface area contributed by atoms with Gasteiger partial charge in [0.05, 0.1) is 11.1 Å². The van der Waals surface area contributed by atoms with Crippen molar-refractivity contribution in [3.63, 3.8) is 0 Å². The molecule has 1 N–H and O–H groups in total. The van der Waals surface area contributed by atoms with E-state index >= 15 is 0 Å². The van der Waals surface area contributed by atoms with Crippen molar-refractivity contribution in [3.05, 3.63) is 58.3 Å². The van der Waals surface area contributed by atoms with Gasteiger partial charge in [-0.3, -0.25) is 9.59 Å². The van der Waals surface area contributed by atoms with Crippen LogP contribution in [0.3, 0.4) is 0 Å². The summed E-state index contributed by atoms with van der Waals surface area (Å²) in [4.78, 5) is 25.6. The Morgan fingerprint density at radius 3 is 2.74 bits per heavy atom. The Bertz CT molecular complexity index is 1390. The van der Waals surface area contributed by atoms with E-state index < -0.39 is 17.1 Å². The first-order valence-electron chi connectivity index (χ1n) is 10.1. The molecular weight excluding hydrogens is 401 g/mol. The van der Waals surface area contributed by atoms with Gasteiger partial charge in [0.15, 0.2) is 11.5 Å². The molecule has 1 aliphatic carbocycles. The van der Waals surface area contributed by atoms with Crippen molar-refractivity contribution in [2.45, 2.75) is 44.8 Å². The van der Waals surface area contributed by atoms with Crippen molar-refractivity contribution in [3.8, 4) is 0 Å². The Hall–Kier alpha value is -3.69. The first-order chi connectivity index (χ1) is 14.8. The first-order valence-corrected chi connectivity index (χ1v) is 10.1. The van der Waals surface area contributed by atoms with Gasteiger partial charge >= 0.3 is 0 Å². The standard InChI is InChI=1S/C21H20FN7O2/c1-12(2)19-15-9-13(21(22)7-8-21)3-4-14(15)20(31)28(27-19)10-18(30)24-16-5-6-17-25-23-11-29(17)26-16/h3-6,9,11-12H,7-8,10H2,1-2H3,(H,24,26,30). The van der Waals surface area contributed by atoms with Gasteiger partial charge in [-0.05, 0) is 48.6 Å². The van der Waals surface area contributed by atoms with Crippen molar-refractivity contribution in [2.75, 3.05) is 5.32 Å². The Labute approximate surface area is 175 Å². The molecule has 158 valence electrons. The fourth-order valence-electron chi connectivity index (χ4n) is 3.64. The van der Waals surface area contributed by atoms with Gasteiger partial charge in [0, 0.05) is 5.39 Å². The summed E-state index contributed by atoms with van der Waals surface area (Å²) in [6.45, 7) is 3.62. The summed E-state index contributed by atoms with van der Waals surface area (Å²) >= 11 is 0. The predicted octanol–water partition coefficient (Wildman–Crippen LogP) is 2.55. The van der Waals surface area contributed by atoms with Crippen LogP contribution in [0.2, 0.25) is 0 Å². The number of aromatic nitrogens is 6. The van der Waals surface area contributed by atoms with Crippen molar-refractivity contribution in [2.24, 2.45) is 0 Å². The topological polar surface area (TPSA) is 107 Å². The molecule has 3 aromatic heterocycles. The normalized spacial score (nSPS) is 15.0. The molecular formula is C21H20FN7O2. The van der Waals surface area contributed by atoms with Gasteiger partial charge in [-0.2, -0.15) is 9.61 Å². The number of anilines is 1. The molecule has 31 heavy (non-hydrogen) atoms. The lowest BCUT2D eigenvalue weighted by molar-refractivity contribution is -0.117. The number of hydrogen-bond donors (Lipinski definition) is 1. The van der Waals surface area contributed by atoms with E-state index in [1.807, 2.05) is 13.8 Å². The van der Waals surface area contributed by atoms with Gasteiger partial charge in [-0.25, -0.2) is 9.07 Å². The van der Waals surface area contributed by atoms with E-state index in [1.165, 1.54) is 10.8 Å². The zero-order chi connectivity index (χ0) is 21.8. The number of amides is 1. The quantitative estimate of drug-likeness (QED) is 0.531. The van der Waals surface area contributed by atoms with Gasteiger partial charge in [0.25, 0.3) is 5.56 Å². The Morgan fingerprint density at radius 1 is 1.19 bits per heavy atom. The van der Waals surface area contributed by atoms with E-state index in [1.54, 1.807) is 30.3 Å². The van der Waals surface area contributed by atoms with E-state index in [2.05, 4.69) is 25.7 Å². The number of halogens is 1. The monoisotopic (exact) mass is 421 g/mol. The summed E-state index contributed by atoms with van der Waals surface area (Å²) in [5.74, 6) is -0.154. The highest BCUT2D eigenvalue weighted by atomic mass is 19.1. The highest BCUT2D eigenvalue weighted by molar-refractivity contribution is 5.90. The number of rotatable bonds is 5. The molecule has 1 saturated carbocycles. The molecule has 0 aliphatic heterocycles. The molecule has 1 amide bonds. The second-order valence-corrected chi connectivity index (χ2v) is 8.13. The van der Waals surface area contributed by atoms with Gasteiger partial charge in [-0.15, -0.1) is 15.3 Å². The number of carbonyl (C=O) groups is 1. The molecule has 0 saturated heterocycles. The SMILES string of the molecule is CC(C)c1nn(CC(=O)Nc2ccc3nncn3n2)c(=O)c2ccc(C3(F)CC3)cc12. The van der Waals surface area contributed by atoms with E-state index in [4.69, 9.17) is 0 Å². The summed E-state index contributed by atoms with van der Waals surface area (Å²) in [5, 5.41) is 19.9. The molecule has 9 nitrogen and oxygen atoms in total. The summed E-state index contributed by atoms with van der Waals surface area (Å²) in [5.41, 5.74) is 0.0852. The molecule has 0 atom stereocenters. The van der Waals surface area contributed by atoms with Gasteiger partial charge in [-0.1, -0.05) is 19.9 Å². The highest BCUT2D eigenvalue weighted by Crippen LogP contribution is 2.50. The second-order valence-electron chi connectivity index (χ2n) is 8.13. The van der Waals surface area contributed by atoms with Crippen LogP contribution in [0.4, 0.5) is 10.2 Å². The van der Waals surface area contributed by atoms with Crippen LogP contribution >= 0.6 is 0 Å². The third kappa shape index (κ3) is 3.43. The third-order valence-corrected chi connectivity index (χ3v) is 5.46. The van der Waals surface area contributed by atoms with Crippen LogP contribution in [0.1, 0.15) is 43.9 Å². The summed E-state index contributed by atoms with van der Waals surface area (Å²) in [6, 6.07) is 8.29. The van der Waals surface area contributed by atoms with Crippen LogP contribution in [-0.4, -0.2) is 35.5 Å². The summed E-state index contributed by atoms with van der Waals surface area (Å²) in [6.07, 6.45) is 2.41. The molecule has 0 spiro atoms. The molecule has 10 heteroatoms. The van der Waals surface area contributed by atoms with Crippen LogP contribution in [0.5, 0.6) is 0 Å². The summed E-state index contributed by atoms with van der Waals surface area (Å²) < 4.78 is 17.1. The number of alkyl halides is 1. The number of benzene rings is 1. The number of nitrogens with zero attached hydrogens (tertiary/aromatic N) is 6. The molecule has 3 heterocycles. The average molecular weight is 421 g/mol. The molecule has 0 unspecified atom stereocenters. The van der Waals surface area contributed by atoms with E-state index in [0.717, 1.165) is 4.68 Å². The first kappa shape index (κ1) is 19.3. The lowest BCUT2D eigenvalue weighted by atomic mass is 9.99. The zero-order valence-corrected chi connectivity index (χ0v) is 17.0. The Morgan fingerprint density at radius 2 is 2.00 bits per heavy atom.